The first-order valence-corrected chi connectivity index (χ1v) is 6.81. The number of piperidine rings is 1. The lowest BCUT2D eigenvalue weighted by Gasteiger charge is -2.34. The molecule has 1 aromatic rings. The summed E-state index contributed by atoms with van der Waals surface area (Å²) in [7, 11) is 0. The number of hydrogen-bond donors (Lipinski definition) is 0. The fourth-order valence-corrected chi connectivity index (χ4v) is 3.94. The Morgan fingerprint density at radius 1 is 1.24 bits per heavy atom. The van der Waals surface area contributed by atoms with Gasteiger partial charge in [0.2, 0.25) is 0 Å². The zero-order chi connectivity index (χ0) is 11.6. The Hall–Kier alpha value is -0.730. The van der Waals surface area contributed by atoms with Gasteiger partial charge >= 0.3 is 0 Å². The molecular formula is C13H12Cl2N2. The number of rotatable bonds is 0. The molecule has 2 nitrogen and oxygen atoms in total. The van der Waals surface area contributed by atoms with E-state index < -0.39 is 0 Å². The van der Waals surface area contributed by atoms with Gasteiger partial charge in [-0.3, -0.25) is 0 Å². The lowest BCUT2D eigenvalue weighted by Crippen LogP contribution is -2.38. The first-order chi connectivity index (χ1) is 8.22. The van der Waals surface area contributed by atoms with Gasteiger partial charge in [0, 0.05) is 34.1 Å². The minimum atomic E-state index is 0.672. The molecule has 3 aliphatic rings. The molecule has 1 saturated heterocycles. The number of hydrogen-bond acceptors (Lipinski definition) is 2. The Labute approximate surface area is 110 Å². The third-order valence-corrected chi connectivity index (χ3v) is 4.76. The lowest BCUT2D eigenvalue weighted by atomic mass is 10.0. The van der Waals surface area contributed by atoms with Crippen LogP contribution in [0.2, 0.25) is 10.0 Å². The van der Waals surface area contributed by atoms with Crippen molar-refractivity contribution in [1.29, 1.82) is 0 Å². The highest BCUT2D eigenvalue weighted by Crippen LogP contribution is 2.45. The fourth-order valence-electron chi connectivity index (χ4n) is 3.40. The van der Waals surface area contributed by atoms with Gasteiger partial charge in [-0.1, -0.05) is 23.2 Å². The minimum absolute atomic E-state index is 0.672. The van der Waals surface area contributed by atoms with Crippen molar-refractivity contribution < 1.29 is 0 Å². The Kier molecular flexibility index (Phi) is 2.04. The molecular weight excluding hydrogens is 255 g/mol. The standard InChI is InChI=1S/C13H12Cl2N2/c14-8-4-11(15)10-6-17-9-2-1-7(3-9)13(17)16-12(10)5-8/h4-5,7,9H,1-3,6H2. The molecule has 2 unspecified atom stereocenters. The van der Waals surface area contributed by atoms with E-state index in [0.29, 0.717) is 17.0 Å². The van der Waals surface area contributed by atoms with Crippen LogP contribution < -0.4 is 0 Å². The topological polar surface area (TPSA) is 15.6 Å². The van der Waals surface area contributed by atoms with Crippen LogP contribution in [0.15, 0.2) is 17.1 Å². The molecule has 0 aromatic heterocycles. The summed E-state index contributed by atoms with van der Waals surface area (Å²) in [5.74, 6) is 1.94. The van der Waals surface area contributed by atoms with Gasteiger partial charge in [-0.15, -0.1) is 0 Å². The van der Waals surface area contributed by atoms with Crippen molar-refractivity contribution in [3.05, 3.63) is 27.7 Å². The molecule has 0 radical (unpaired) electrons. The summed E-state index contributed by atoms with van der Waals surface area (Å²) in [5.41, 5.74) is 2.11. The van der Waals surface area contributed by atoms with Crippen LogP contribution in [0.4, 0.5) is 5.69 Å². The normalized spacial score (nSPS) is 29.1. The second-order valence-corrected chi connectivity index (χ2v) is 5.99. The van der Waals surface area contributed by atoms with Crippen LogP contribution >= 0.6 is 23.2 Å². The highest BCUT2D eigenvalue weighted by molar-refractivity contribution is 6.35. The quantitative estimate of drug-likeness (QED) is 0.693. The Morgan fingerprint density at radius 2 is 2.12 bits per heavy atom. The van der Waals surface area contributed by atoms with E-state index in [1.54, 1.807) is 0 Å². The second-order valence-electron chi connectivity index (χ2n) is 5.15. The summed E-state index contributed by atoms with van der Waals surface area (Å²) < 4.78 is 0. The molecule has 0 N–H and O–H groups in total. The number of amidine groups is 1. The van der Waals surface area contributed by atoms with Crippen LogP contribution in [-0.4, -0.2) is 16.8 Å². The summed E-state index contributed by atoms with van der Waals surface area (Å²) in [6, 6.07) is 4.44. The lowest BCUT2D eigenvalue weighted by molar-refractivity contribution is 0.317. The van der Waals surface area contributed by atoms with Gasteiger partial charge in [0.15, 0.2) is 0 Å². The third kappa shape index (κ3) is 1.37. The summed E-state index contributed by atoms with van der Waals surface area (Å²) >= 11 is 12.3. The van der Waals surface area contributed by atoms with E-state index in [2.05, 4.69) is 4.90 Å². The molecule has 4 heteroatoms. The van der Waals surface area contributed by atoms with Gasteiger partial charge in [-0.25, -0.2) is 4.99 Å². The third-order valence-electron chi connectivity index (χ3n) is 4.21. The molecule has 1 aromatic carbocycles. The molecule has 2 fully saturated rings. The molecule has 1 saturated carbocycles. The first kappa shape index (κ1) is 10.2. The van der Waals surface area contributed by atoms with Gasteiger partial charge in [0.25, 0.3) is 0 Å². The molecule has 1 aliphatic carbocycles. The molecule has 2 atom stereocenters. The van der Waals surface area contributed by atoms with Gasteiger partial charge in [-0.2, -0.15) is 0 Å². The maximum absolute atomic E-state index is 6.26. The van der Waals surface area contributed by atoms with Gasteiger partial charge in [-0.05, 0) is 31.4 Å². The predicted molar refractivity (Wildman–Crippen MR) is 70.2 cm³/mol. The summed E-state index contributed by atoms with van der Waals surface area (Å²) in [5, 5.41) is 1.42. The Morgan fingerprint density at radius 3 is 3.00 bits per heavy atom. The van der Waals surface area contributed by atoms with Crippen LogP contribution in [0.3, 0.4) is 0 Å². The highest BCUT2D eigenvalue weighted by atomic mass is 35.5. The number of fused-ring (bicyclic) bond motifs is 6. The molecule has 2 bridgehead atoms. The average Bonchev–Trinajstić information content (AvgIpc) is 2.87. The van der Waals surface area contributed by atoms with Crippen molar-refractivity contribution in [3.63, 3.8) is 0 Å². The van der Waals surface area contributed by atoms with Crippen molar-refractivity contribution in [3.8, 4) is 0 Å². The van der Waals surface area contributed by atoms with E-state index in [4.69, 9.17) is 28.2 Å². The van der Waals surface area contributed by atoms with E-state index in [1.165, 1.54) is 25.1 Å². The predicted octanol–water partition coefficient (Wildman–Crippen LogP) is 4.02. The summed E-state index contributed by atoms with van der Waals surface area (Å²) in [6.07, 6.45) is 3.88. The van der Waals surface area contributed by atoms with Crippen molar-refractivity contribution >= 4 is 34.7 Å². The smallest absolute Gasteiger partial charge is 0.109 e. The van der Waals surface area contributed by atoms with Crippen molar-refractivity contribution in [2.24, 2.45) is 10.9 Å². The first-order valence-electron chi connectivity index (χ1n) is 6.05. The average molecular weight is 267 g/mol. The van der Waals surface area contributed by atoms with Gasteiger partial charge in [0.05, 0.1) is 5.69 Å². The maximum atomic E-state index is 6.26. The van der Waals surface area contributed by atoms with E-state index in [1.807, 2.05) is 12.1 Å². The van der Waals surface area contributed by atoms with E-state index in [0.717, 1.165) is 22.8 Å². The SMILES string of the molecule is Clc1cc(Cl)c2c(c1)N=C1C3CCC(C3)N1C2. The molecule has 0 spiro atoms. The number of benzene rings is 1. The summed E-state index contributed by atoms with van der Waals surface area (Å²) in [6.45, 7) is 0.908. The zero-order valence-corrected chi connectivity index (χ0v) is 10.8. The fraction of sp³-hybridized carbons (Fsp3) is 0.462. The minimum Gasteiger partial charge on any atom is -0.352 e. The number of aliphatic imine (C=N–C) groups is 1. The Bertz CT molecular complexity index is 538. The van der Waals surface area contributed by atoms with Crippen molar-refractivity contribution in [2.75, 3.05) is 0 Å². The van der Waals surface area contributed by atoms with Crippen LogP contribution in [0, 0.1) is 5.92 Å². The second kappa shape index (κ2) is 3.39. The monoisotopic (exact) mass is 266 g/mol. The molecule has 17 heavy (non-hydrogen) atoms. The van der Waals surface area contributed by atoms with Crippen LogP contribution in [-0.2, 0) is 6.54 Å². The van der Waals surface area contributed by atoms with E-state index in [9.17, 15) is 0 Å². The summed E-state index contributed by atoms with van der Waals surface area (Å²) in [4.78, 5) is 7.23. The number of halogens is 2. The van der Waals surface area contributed by atoms with Crippen molar-refractivity contribution in [2.45, 2.75) is 31.8 Å². The molecule has 88 valence electrons. The maximum Gasteiger partial charge on any atom is 0.109 e. The zero-order valence-electron chi connectivity index (χ0n) is 9.29. The Balaban J connectivity index is 1.87. The van der Waals surface area contributed by atoms with E-state index in [-0.39, 0.29) is 0 Å². The van der Waals surface area contributed by atoms with Crippen LogP contribution in [0.5, 0.6) is 0 Å². The molecule has 2 aliphatic heterocycles. The van der Waals surface area contributed by atoms with Crippen molar-refractivity contribution in [1.82, 2.24) is 4.90 Å². The largest absolute Gasteiger partial charge is 0.352 e. The van der Waals surface area contributed by atoms with Crippen LogP contribution in [0.25, 0.3) is 0 Å². The molecule has 4 rings (SSSR count). The van der Waals surface area contributed by atoms with E-state index >= 15 is 0 Å². The molecule has 0 amide bonds. The van der Waals surface area contributed by atoms with Gasteiger partial charge < -0.3 is 4.90 Å². The highest BCUT2D eigenvalue weighted by Gasteiger charge is 2.44. The van der Waals surface area contributed by atoms with Gasteiger partial charge in [0.1, 0.15) is 5.84 Å². The van der Waals surface area contributed by atoms with Crippen LogP contribution in [0.1, 0.15) is 24.8 Å². The number of nitrogens with zero attached hydrogens (tertiary/aromatic N) is 2. The molecule has 2 heterocycles.